The van der Waals surface area contributed by atoms with Crippen LogP contribution >= 0.6 is 11.3 Å². The summed E-state index contributed by atoms with van der Waals surface area (Å²) >= 11 is 1.32. The molecule has 8 nitrogen and oxygen atoms in total. The first-order valence-corrected chi connectivity index (χ1v) is 11.9. The van der Waals surface area contributed by atoms with E-state index in [1.165, 1.54) is 30.6 Å². The smallest absolute Gasteiger partial charge is 0.348 e. The van der Waals surface area contributed by atoms with Gasteiger partial charge in [0.25, 0.3) is 0 Å². The molecule has 1 aliphatic rings. The first kappa shape index (κ1) is 24.0. The molecule has 180 valence electrons. The Morgan fingerprint density at radius 3 is 2.41 bits per heavy atom. The topological polar surface area (TPSA) is 84.9 Å². The number of carbonyl (C=O) groups excluding carboxylic acids is 2. The molecule has 0 radical (unpaired) electrons. The molecule has 1 atom stereocenters. The number of hydrogen-bond donors (Lipinski definition) is 0. The van der Waals surface area contributed by atoms with Crippen LogP contribution in [0, 0.1) is 19.7 Å². The van der Waals surface area contributed by atoms with Crippen molar-refractivity contribution in [2.24, 2.45) is 0 Å². The molecule has 0 amide bonds. The number of thiophene rings is 1. The number of anilines is 1. The molecule has 2 aromatic heterocycles. The van der Waals surface area contributed by atoms with Crippen molar-refractivity contribution in [1.82, 2.24) is 14.9 Å². The summed E-state index contributed by atoms with van der Waals surface area (Å²) in [5.74, 6) is 0.321. The van der Waals surface area contributed by atoms with Crippen molar-refractivity contribution in [1.29, 1.82) is 0 Å². The molecule has 1 saturated heterocycles. The van der Waals surface area contributed by atoms with E-state index in [1.807, 2.05) is 18.7 Å². The molecule has 1 aromatic carbocycles. The van der Waals surface area contributed by atoms with E-state index in [-0.39, 0.29) is 17.8 Å². The quantitative estimate of drug-likeness (QED) is 0.488. The predicted octanol–water partition coefficient (Wildman–Crippen LogP) is 3.66. The number of aryl methyl sites for hydroxylation is 2. The van der Waals surface area contributed by atoms with Gasteiger partial charge in [-0.25, -0.2) is 23.9 Å². The fourth-order valence-electron chi connectivity index (χ4n) is 4.29. The van der Waals surface area contributed by atoms with Crippen LogP contribution < -0.4 is 4.90 Å². The molecule has 0 saturated carbocycles. The summed E-state index contributed by atoms with van der Waals surface area (Å²) in [6.07, 6.45) is 0. The number of carbonyl (C=O) groups is 2. The molecular formula is C24H27FN4O4S. The lowest BCUT2D eigenvalue weighted by Gasteiger charge is -2.39. The van der Waals surface area contributed by atoms with Crippen LogP contribution in [-0.4, -0.2) is 66.7 Å². The number of fused-ring (bicyclic) bond motifs is 1. The predicted molar refractivity (Wildman–Crippen MR) is 128 cm³/mol. The second-order valence-corrected chi connectivity index (χ2v) is 9.05. The number of methoxy groups -OCH3 is 1. The second kappa shape index (κ2) is 10.0. The highest BCUT2D eigenvalue weighted by molar-refractivity contribution is 7.20. The zero-order valence-electron chi connectivity index (χ0n) is 19.6. The van der Waals surface area contributed by atoms with Gasteiger partial charge in [-0.2, -0.15) is 0 Å². The summed E-state index contributed by atoms with van der Waals surface area (Å²) in [6, 6.07) is 5.32. The van der Waals surface area contributed by atoms with E-state index in [2.05, 4.69) is 9.88 Å². The zero-order chi connectivity index (χ0) is 24.4. The van der Waals surface area contributed by atoms with Gasteiger partial charge in [-0.15, -0.1) is 11.3 Å². The number of aromatic nitrogens is 2. The number of rotatable bonds is 6. The Bertz CT molecular complexity index is 1210. The average molecular weight is 487 g/mol. The van der Waals surface area contributed by atoms with Crippen LogP contribution in [-0.2, 0) is 14.3 Å². The van der Waals surface area contributed by atoms with Gasteiger partial charge in [-0.05, 0) is 44.0 Å². The first-order chi connectivity index (χ1) is 16.3. The van der Waals surface area contributed by atoms with E-state index in [0.717, 1.165) is 21.6 Å². The maximum absolute atomic E-state index is 13.4. The van der Waals surface area contributed by atoms with Gasteiger partial charge in [-0.3, -0.25) is 4.90 Å². The molecular weight excluding hydrogens is 459 g/mol. The maximum Gasteiger partial charge on any atom is 0.348 e. The summed E-state index contributed by atoms with van der Waals surface area (Å²) in [4.78, 5) is 39.8. The molecule has 0 bridgehead atoms. The van der Waals surface area contributed by atoms with Crippen molar-refractivity contribution >= 4 is 39.3 Å². The summed E-state index contributed by atoms with van der Waals surface area (Å²) in [5, 5.41) is 0.857. The van der Waals surface area contributed by atoms with Crippen molar-refractivity contribution < 1.29 is 23.5 Å². The van der Waals surface area contributed by atoms with Gasteiger partial charge in [0, 0.05) is 26.2 Å². The normalized spacial score (nSPS) is 15.4. The van der Waals surface area contributed by atoms with E-state index < -0.39 is 6.04 Å². The highest BCUT2D eigenvalue weighted by atomic mass is 32.1. The van der Waals surface area contributed by atoms with Gasteiger partial charge in [0.2, 0.25) is 0 Å². The molecule has 0 unspecified atom stereocenters. The second-order valence-electron chi connectivity index (χ2n) is 8.05. The van der Waals surface area contributed by atoms with Crippen molar-refractivity contribution in [2.75, 3.05) is 44.8 Å². The Hall–Kier alpha value is -3.11. The fraction of sp³-hybridized carbons (Fsp3) is 0.417. The molecule has 10 heteroatoms. The van der Waals surface area contributed by atoms with Crippen LogP contribution in [0.5, 0.6) is 0 Å². The van der Waals surface area contributed by atoms with Crippen molar-refractivity contribution in [2.45, 2.75) is 26.8 Å². The van der Waals surface area contributed by atoms with E-state index in [0.29, 0.717) is 49.1 Å². The van der Waals surface area contributed by atoms with Crippen LogP contribution in [0.1, 0.15) is 39.6 Å². The Morgan fingerprint density at radius 1 is 1.12 bits per heavy atom. The molecule has 0 spiro atoms. The van der Waals surface area contributed by atoms with Crippen LogP contribution in [0.4, 0.5) is 10.2 Å². The molecule has 1 fully saturated rings. The molecule has 3 heterocycles. The number of ether oxygens (including phenoxy) is 2. The molecule has 4 rings (SSSR count). The van der Waals surface area contributed by atoms with Gasteiger partial charge in [0.05, 0.1) is 19.1 Å². The maximum atomic E-state index is 13.4. The van der Waals surface area contributed by atoms with Crippen molar-refractivity contribution in [3.05, 3.63) is 51.9 Å². The summed E-state index contributed by atoms with van der Waals surface area (Å²) in [5.41, 5.74) is 1.50. The van der Waals surface area contributed by atoms with Gasteiger partial charge in [0.15, 0.2) is 0 Å². The number of halogens is 1. The van der Waals surface area contributed by atoms with Crippen molar-refractivity contribution in [3.63, 3.8) is 0 Å². The van der Waals surface area contributed by atoms with Crippen LogP contribution in [0.3, 0.4) is 0 Å². The van der Waals surface area contributed by atoms with E-state index >= 15 is 0 Å². The highest BCUT2D eigenvalue weighted by Crippen LogP contribution is 2.36. The minimum atomic E-state index is -0.613. The number of benzene rings is 1. The third kappa shape index (κ3) is 4.60. The lowest BCUT2D eigenvalue weighted by molar-refractivity contribution is -0.147. The highest BCUT2D eigenvalue weighted by Gasteiger charge is 2.33. The van der Waals surface area contributed by atoms with E-state index in [9.17, 15) is 14.0 Å². The summed E-state index contributed by atoms with van der Waals surface area (Å²) < 4.78 is 23.7. The summed E-state index contributed by atoms with van der Waals surface area (Å²) in [6.45, 7) is 8.20. The Morgan fingerprint density at radius 2 is 1.79 bits per heavy atom. The lowest BCUT2D eigenvalue weighted by atomic mass is 10.0. The SMILES string of the molecule is CCOC(=O)c1sc2nc(C)nc(N3CCN([C@H](C(=O)OC)c4ccc(F)cc4)CC3)c2c1C. The molecule has 1 aliphatic heterocycles. The Balaban J connectivity index is 1.61. The molecule has 34 heavy (non-hydrogen) atoms. The number of hydrogen-bond acceptors (Lipinski definition) is 9. The monoisotopic (exact) mass is 486 g/mol. The number of piperazine rings is 1. The van der Waals surface area contributed by atoms with Gasteiger partial charge in [0.1, 0.15) is 33.2 Å². The van der Waals surface area contributed by atoms with E-state index in [1.54, 1.807) is 19.1 Å². The Labute approximate surface area is 201 Å². The van der Waals surface area contributed by atoms with Crippen LogP contribution in [0.25, 0.3) is 10.2 Å². The Kier molecular flexibility index (Phi) is 7.08. The number of nitrogens with zero attached hydrogens (tertiary/aromatic N) is 4. The van der Waals surface area contributed by atoms with Gasteiger partial charge >= 0.3 is 11.9 Å². The fourth-order valence-corrected chi connectivity index (χ4v) is 5.40. The molecule has 0 aliphatic carbocycles. The minimum Gasteiger partial charge on any atom is -0.468 e. The number of esters is 2. The zero-order valence-corrected chi connectivity index (χ0v) is 20.4. The third-order valence-corrected chi connectivity index (χ3v) is 7.10. The largest absolute Gasteiger partial charge is 0.468 e. The standard InChI is InChI=1S/C24H27FN4O4S/c1-5-33-24(31)20-14(2)18-21(26-15(3)27-22(18)34-20)29-12-10-28(11-13-29)19(23(30)32-4)16-6-8-17(25)9-7-16/h6-9,19H,5,10-13H2,1-4H3/t19-/m0/s1. The first-order valence-electron chi connectivity index (χ1n) is 11.1. The summed E-state index contributed by atoms with van der Waals surface area (Å²) in [7, 11) is 1.36. The van der Waals surface area contributed by atoms with Crippen LogP contribution in [0.15, 0.2) is 24.3 Å². The third-order valence-electron chi connectivity index (χ3n) is 5.93. The van der Waals surface area contributed by atoms with Crippen molar-refractivity contribution in [3.8, 4) is 0 Å². The minimum absolute atomic E-state index is 0.307. The van der Waals surface area contributed by atoms with Crippen LogP contribution in [0.2, 0.25) is 0 Å². The van der Waals surface area contributed by atoms with Gasteiger partial charge in [-0.1, -0.05) is 12.1 Å². The molecule has 0 N–H and O–H groups in total. The lowest BCUT2D eigenvalue weighted by Crippen LogP contribution is -2.49. The molecule has 3 aromatic rings. The van der Waals surface area contributed by atoms with Gasteiger partial charge < -0.3 is 14.4 Å². The average Bonchev–Trinajstić information content (AvgIpc) is 3.16. The van der Waals surface area contributed by atoms with E-state index in [4.69, 9.17) is 14.5 Å².